The van der Waals surface area contributed by atoms with Gasteiger partial charge in [0.15, 0.2) is 0 Å². The first-order valence-corrected chi connectivity index (χ1v) is 8.43. The number of nitro benzene ring substituents is 1. The predicted octanol–water partition coefficient (Wildman–Crippen LogP) is 3.03. The van der Waals surface area contributed by atoms with Gasteiger partial charge in [0.1, 0.15) is 0 Å². The maximum atomic E-state index is 12.6. The first-order chi connectivity index (χ1) is 10.7. The maximum Gasteiger partial charge on any atom is 0.269 e. The van der Waals surface area contributed by atoms with Gasteiger partial charge in [0, 0.05) is 25.7 Å². The zero-order valence-corrected chi connectivity index (χ0v) is 14.0. The highest BCUT2D eigenvalue weighted by Gasteiger charge is 2.22. The van der Waals surface area contributed by atoms with Gasteiger partial charge in [-0.25, -0.2) is 8.42 Å². The molecule has 0 saturated heterocycles. The minimum Gasteiger partial charge on any atom is -0.258 e. The second-order valence-corrected chi connectivity index (χ2v) is 7.49. The molecule has 2 aromatic carbocycles. The largest absolute Gasteiger partial charge is 0.269 e. The fourth-order valence-electron chi connectivity index (χ4n) is 2.27. The van der Waals surface area contributed by atoms with E-state index in [4.69, 9.17) is 0 Å². The summed E-state index contributed by atoms with van der Waals surface area (Å²) in [6.45, 7) is 4.16. The van der Waals surface area contributed by atoms with Crippen LogP contribution in [0, 0.1) is 24.0 Å². The molecule has 0 aromatic heterocycles. The molecule has 0 N–H and O–H groups in total. The molecule has 0 saturated carbocycles. The average molecular weight is 334 g/mol. The van der Waals surface area contributed by atoms with Crippen LogP contribution in [0.3, 0.4) is 0 Å². The van der Waals surface area contributed by atoms with Crippen LogP contribution in [0.5, 0.6) is 0 Å². The van der Waals surface area contributed by atoms with E-state index in [-0.39, 0.29) is 17.1 Å². The number of aryl methyl sites for hydroxylation is 2. The lowest BCUT2D eigenvalue weighted by Gasteiger charge is -2.18. The van der Waals surface area contributed by atoms with Gasteiger partial charge < -0.3 is 0 Å². The van der Waals surface area contributed by atoms with Crippen LogP contribution in [0.4, 0.5) is 5.69 Å². The molecule has 23 heavy (non-hydrogen) atoms. The Bertz CT molecular complexity index is 830. The summed E-state index contributed by atoms with van der Waals surface area (Å²) in [6.07, 6.45) is 0. The molecule has 0 atom stereocenters. The van der Waals surface area contributed by atoms with Crippen molar-refractivity contribution in [1.29, 1.82) is 0 Å². The van der Waals surface area contributed by atoms with E-state index in [9.17, 15) is 18.5 Å². The van der Waals surface area contributed by atoms with Gasteiger partial charge >= 0.3 is 0 Å². The van der Waals surface area contributed by atoms with Gasteiger partial charge in [0.05, 0.1) is 9.82 Å². The summed E-state index contributed by atoms with van der Waals surface area (Å²) in [5.74, 6) is 0. The van der Waals surface area contributed by atoms with Crippen LogP contribution < -0.4 is 0 Å². The van der Waals surface area contributed by atoms with Crippen molar-refractivity contribution in [1.82, 2.24) is 4.31 Å². The molecule has 0 aliphatic carbocycles. The number of hydrogen-bond acceptors (Lipinski definition) is 4. The Hall–Kier alpha value is -2.25. The molecule has 0 bridgehead atoms. The highest BCUT2D eigenvalue weighted by molar-refractivity contribution is 7.89. The van der Waals surface area contributed by atoms with E-state index in [1.165, 1.54) is 35.6 Å². The average Bonchev–Trinajstić information content (AvgIpc) is 2.50. The van der Waals surface area contributed by atoms with Gasteiger partial charge in [-0.2, -0.15) is 4.31 Å². The van der Waals surface area contributed by atoms with Crippen molar-refractivity contribution < 1.29 is 13.3 Å². The summed E-state index contributed by atoms with van der Waals surface area (Å²) in [5, 5.41) is 10.6. The molecule has 0 radical (unpaired) electrons. The third-order valence-electron chi connectivity index (χ3n) is 3.65. The molecule has 6 nitrogen and oxygen atoms in total. The molecule has 0 aliphatic rings. The van der Waals surface area contributed by atoms with E-state index in [1.54, 1.807) is 0 Å². The van der Waals surface area contributed by atoms with Crippen molar-refractivity contribution >= 4 is 15.7 Å². The highest BCUT2D eigenvalue weighted by atomic mass is 32.2. The summed E-state index contributed by atoms with van der Waals surface area (Å²) in [7, 11) is -2.20. The normalized spacial score (nSPS) is 11.7. The Kier molecular flexibility index (Phi) is 4.82. The number of sulfonamides is 1. The number of rotatable bonds is 5. The monoisotopic (exact) mass is 334 g/mol. The molecule has 0 aliphatic heterocycles. The SMILES string of the molecule is Cc1ccc(CN(C)S(=O)(=O)c2ccc([N+](=O)[O-])cc2)c(C)c1. The first-order valence-electron chi connectivity index (χ1n) is 6.99. The lowest BCUT2D eigenvalue weighted by Crippen LogP contribution is -2.26. The van der Waals surface area contributed by atoms with E-state index in [0.29, 0.717) is 0 Å². The van der Waals surface area contributed by atoms with Crippen LogP contribution in [0.15, 0.2) is 47.4 Å². The maximum absolute atomic E-state index is 12.6. The zero-order chi connectivity index (χ0) is 17.2. The second kappa shape index (κ2) is 6.47. The molecule has 122 valence electrons. The fourth-order valence-corrected chi connectivity index (χ4v) is 3.42. The number of benzene rings is 2. The Labute approximate surface area is 135 Å². The Morgan fingerprint density at radius 2 is 1.70 bits per heavy atom. The van der Waals surface area contributed by atoms with Crippen molar-refractivity contribution in [3.8, 4) is 0 Å². The van der Waals surface area contributed by atoms with E-state index < -0.39 is 14.9 Å². The summed E-state index contributed by atoms with van der Waals surface area (Å²) in [5.41, 5.74) is 2.92. The van der Waals surface area contributed by atoms with Crippen molar-refractivity contribution in [2.45, 2.75) is 25.3 Å². The van der Waals surface area contributed by atoms with E-state index in [1.807, 2.05) is 32.0 Å². The molecular weight excluding hydrogens is 316 g/mol. The standard InChI is InChI=1S/C16H18N2O4S/c1-12-4-5-14(13(2)10-12)11-17(3)23(21,22)16-8-6-15(7-9-16)18(19)20/h4-10H,11H2,1-3H3. The van der Waals surface area contributed by atoms with Gasteiger partial charge in [-0.05, 0) is 37.1 Å². The third kappa shape index (κ3) is 3.75. The molecule has 0 fully saturated rings. The minimum absolute atomic E-state index is 0.0374. The van der Waals surface area contributed by atoms with Gasteiger partial charge in [-0.3, -0.25) is 10.1 Å². The molecule has 0 spiro atoms. The van der Waals surface area contributed by atoms with Crippen LogP contribution in [0.25, 0.3) is 0 Å². The Morgan fingerprint density at radius 3 is 2.22 bits per heavy atom. The summed E-state index contributed by atoms with van der Waals surface area (Å²) in [4.78, 5) is 10.1. The molecule has 2 aromatic rings. The minimum atomic E-state index is -3.70. The van der Waals surface area contributed by atoms with Crippen LogP contribution >= 0.6 is 0 Å². The fraction of sp³-hybridized carbons (Fsp3) is 0.250. The third-order valence-corrected chi connectivity index (χ3v) is 5.46. The van der Waals surface area contributed by atoms with Gasteiger partial charge in [0.25, 0.3) is 5.69 Å². The quantitative estimate of drug-likeness (QED) is 0.622. The number of hydrogen-bond donors (Lipinski definition) is 0. The molecule has 2 rings (SSSR count). The van der Waals surface area contributed by atoms with Crippen molar-refractivity contribution in [2.75, 3.05) is 7.05 Å². The highest BCUT2D eigenvalue weighted by Crippen LogP contribution is 2.21. The van der Waals surface area contributed by atoms with Crippen LogP contribution in [0.1, 0.15) is 16.7 Å². The predicted molar refractivity (Wildman–Crippen MR) is 87.7 cm³/mol. The van der Waals surface area contributed by atoms with Crippen LogP contribution in [-0.2, 0) is 16.6 Å². The topological polar surface area (TPSA) is 80.5 Å². The van der Waals surface area contributed by atoms with E-state index in [2.05, 4.69) is 0 Å². The number of nitrogens with zero attached hydrogens (tertiary/aromatic N) is 2. The van der Waals surface area contributed by atoms with Crippen LogP contribution in [-0.4, -0.2) is 24.7 Å². The molecule has 7 heteroatoms. The molecule has 0 heterocycles. The lowest BCUT2D eigenvalue weighted by atomic mass is 10.1. The Balaban J connectivity index is 2.26. The van der Waals surface area contributed by atoms with Gasteiger partial charge in [-0.1, -0.05) is 23.8 Å². The smallest absolute Gasteiger partial charge is 0.258 e. The van der Waals surface area contributed by atoms with Crippen LogP contribution in [0.2, 0.25) is 0 Å². The summed E-state index contributed by atoms with van der Waals surface area (Å²) in [6, 6.07) is 10.7. The first kappa shape index (κ1) is 17.1. The van der Waals surface area contributed by atoms with E-state index in [0.717, 1.165) is 16.7 Å². The summed E-state index contributed by atoms with van der Waals surface area (Å²) < 4.78 is 26.3. The van der Waals surface area contributed by atoms with Gasteiger partial charge in [0.2, 0.25) is 10.0 Å². The Morgan fingerprint density at radius 1 is 1.09 bits per heavy atom. The number of non-ortho nitro benzene ring substituents is 1. The zero-order valence-electron chi connectivity index (χ0n) is 13.2. The molecule has 0 amide bonds. The number of nitro groups is 1. The molecular formula is C16H18N2O4S. The van der Waals surface area contributed by atoms with Crippen molar-refractivity contribution in [2.24, 2.45) is 0 Å². The van der Waals surface area contributed by atoms with Crippen molar-refractivity contribution in [3.63, 3.8) is 0 Å². The second-order valence-electron chi connectivity index (χ2n) is 5.44. The van der Waals surface area contributed by atoms with Crippen molar-refractivity contribution in [3.05, 3.63) is 69.3 Å². The van der Waals surface area contributed by atoms with Gasteiger partial charge in [-0.15, -0.1) is 0 Å². The lowest BCUT2D eigenvalue weighted by molar-refractivity contribution is -0.384. The summed E-state index contributed by atoms with van der Waals surface area (Å²) >= 11 is 0. The van der Waals surface area contributed by atoms with E-state index >= 15 is 0 Å². The molecule has 0 unspecified atom stereocenters.